The number of carbonyl (C=O) groups excluding carboxylic acids is 1. The van der Waals surface area contributed by atoms with Gasteiger partial charge in [0.15, 0.2) is 0 Å². The van der Waals surface area contributed by atoms with Crippen LogP contribution in [0.25, 0.3) is 0 Å². The van der Waals surface area contributed by atoms with Gasteiger partial charge in [0.25, 0.3) is 0 Å². The van der Waals surface area contributed by atoms with Gasteiger partial charge in [-0.15, -0.1) is 0 Å². The highest BCUT2D eigenvalue weighted by molar-refractivity contribution is 5.76. The van der Waals surface area contributed by atoms with Crippen LogP contribution in [0.5, 0.6) is 5.75 Å². The van der Waals surface area contributed by atoms with Crippen molar-refractivity contribution in [3.8, 4) is 5.75 Å². The summed E-state index contributed by atoms with van der Waals surface area (Å²) in [5.41, 5.74) is 0.251. The lowest BCUT2D eigenvalue weighted by Crippen LogP contribution is -2.59. The van der Waals surface area contributed by atoms with E-state index in [2.05, 4.69) is 13.8 Å². The first-order valence-electron chi connectivity index (χ1n) is 10.2. The first kappa shape index (κ1) is 20.4. The minimum absolute atomic E-state index is 0.122. The molecule has 4 nitrogen and oxygen atoms in total. The molecule has 2 atom stereocenters. The Balaban J connectivity index is 1.67. The monoisotopic (exact) mass is 381 g/mol. The largest absolute Gasteiger partial charge is 0.486 e. The number of nitrogens with zero attached hydrogens (tertiary/aromatic N) is 1. The summed E-state index contributed by atoms with van der Waals surface area (Å²) in [7, 11) is 0. The standard InChI is InChI=1S/C24H31NO3/c1-19(2)17-24(27)15-16-25(18-22(24)28-21-11-7-4-8-12-21)23(26)14-13-20-9-5-3-6-10-20/h3-12,19,22,27H,13-18H2,1-2H3/t22-,24+/m0/s1. The fourth-order valence-corrected chi connectivity index (χ4v) is 3.98. The molecule has 1 aliphatic rings. The molecule has 1 fully saturated rings. The Labute approximate surface area is 168 Å². The quantitative estimate of drug-likeness (QED) is 0.786. The first-order valence-corrected chi connectivity index (χ1v) is 10.2. The molecule has 28 heavy (non-hydrogen) atoms. The molecule has 0 radical (unpaired) electrons. The van der Waals surface area contributed by atoms with Crippen molar-refractivity contribution in [1.29, 1.82) is 0 Å². The van der Waals surface area contributed by atoms with Crippen LogP contribution in [0, 0.1) is 5.92 Å². The highest BCUT2D eigenvalue weighted by atomic mass is 16.5. The van der Waals surface area contributed by atoms with Gasteiger partial charge in [0.2, 0.25) is 5.91 Å². The van der Waals surface area contributed by atoms with Gasteiger partial charge >= 0.3 is 0 Å². The zero-order valence-corrected chi connectivity index (χ0v) is 16.9. The van der Waals surface area contributed by atoms with Crippen molar-refractivity contribution in [3.63, 3.8) is 0 Å². The van der Waals surface area contributed by atoms with Crippen LogP contribution >= 0.6 is 0 Å². The normalized spacial score (nSPS) is 22.3. The molecule has 0 unspecified atom stereocenters. The van der Waals surface area contributed by atoms with Gasteiger partial charge in [-0.2, -0.15) is 0 Å². The Hall–Kier alpha value is -2.33. The van der Waals surface area contributed by atoms with Crippen LogP contribution in [-0.4, -0.2) is 40.7 Å². The summed E-state index contributed by atoms with van der Waals surface area (Å²) in [5, 5.41) is 11.3. The van der Waals surface area contributed by atoms with E-state index in [1.807, 2.05) is 65.6 Å². The van der Waals surface area contributed by atoms with Crippen molar-refractivity contribution in [3.05, 3.63) is 66.2 Å². The molecule has 2 aromatic rings. The molecule has 0 aliphatic carbocycles. The van der Waals surface area contributed by atoms with E-state index in [9.17, 15) is 9.90 Å². The van der Waals surface area contributed by atoms with Crippen molar-refractivity contribution in [2.24, 2.45) is 5.92 Å². The Morgan fingerprint density at radius 2 is 1.79 bits per heavy atom. The maximum atomic E-state index is 12.8. The van der Waals surface area contributed by atoms with Crippen molar-refractivity contribution in [1.82, 2.24) is 4.90 Å². The number of benzene rings is 2. The van der Waals surface area contributed by atoms with E-state index in [1.165, 1.54) is 5.56 Å². The van der Waals surface area contributed by atoms with E-state index < -0.39 is 11.7 Å². The number of likely N-dealkylation sites (tertiary alicyclic amines) is 1. The van der Waals surface area contributed by atoms with E-state index in [0.29, 0.717) is 38.3 Å². The SMILES string of the molecule is CC(C)C[C@]1(O)CCN(C(=O)CCc2ccccc2)C[C@@H]1Oc1ccccc1. The number of carbonyl (C=O) groups is 1. The predicted octanol–water partition coefficient (Wildman–Crippen LogP) is 4.08. The van der Waals surface area contributed by atoms with Gasteiger partial charge in [-0.25, -0.2) is 0 Å². The number of hydrogen-bond acceptors (Lipinski definition) is 3. The molecule has 0 aromatic heterocycles. The van der Waals surface area contributed by atoms with E-state index in [0.717, 1.165) is 12.2 Å². The predicted molar refractivity (Wildman–Crippen MR) is 111 cm³/mol. The molecular weight excluding hydrogens is 350 g/mol. The number of amides is 1. The minimum atomic E-state index is -0.916. The molecule has 1 heterocycles. The number of piperidine rings is 1. The zero-order chi connectivity index (χ0) is 20.0. The van der Waals surface area contributed by atoms with Gasteiger partial charge in [0.05, 0.1) is 6.54 Å². The van der Waals surface area contributed by atoms with Crippen molar-refractivity contribution < 1.29 is 14.6 Å². The molecule has 0 bridgehead atoms. The number of aryl methyl sites for hydroxylation is 1. The second-order valence-electron chi connectivity index (χ2n) is 8.20. The fourth-order valence-electron chi connectivity index (χ4n) is 3.98. The average Bonchev–Trinajstić information content (AvgIpc) is 2.69. The Bertz CT molecular complexity index is 747. The third-order valence-corrected chi connectivity index (χ3v) is 5.41. The van der Waals surface area contributed by atoms with E-state index in [1.54, 1.807) is 0 Å². The summed E-state index contributed by atoms with van der Waals surface area (Å²) < 4.78 is 6.17. The van der Waals surface area contributed by atoms with Gasteiger partial charge in [-0.1, -0.05) is 62.4 Å². The molecule has 3 rings (SSSR count). The third kappa shape index (κ3) is 5.35. The molecule has 0 saturated carbocycles. The van der Waals surface area contributed by atoms with Gasteiger partial charge in [-0.3, -0.25) is 4.79 Å². The second-order valence-corrected chi connectivity index (χ2v) is 8.20. The maximum absolute atomic E-state index is 12.8. The van der Waals surface area contributed by atoms with Gasteiger partial charge in [-0.05, 0) is 42.9 Å². The first-order chi connectivity index (χ1) is 13.5. The number of aliphatic hydroxyl groups is 1. The summed E-state index contributed by atoms with van der Waals surface area (Å²) in [6, 6.07) is 19.6. The molecule has 1 saturated heterocycles. The average molecular weight is 382 g/mol. The van der Waals surface area contributed by atoms with Crippen LogP contribution < -0.4 is 4.74 Å². The summed E-state index contributed by atoms with van der Waals surface area (Å²) in [6.45, 7) is 5.21. The summed E-state index contributed by atoms with van der Waals surface area (Å²) in [5.74, 6) is 1.21. The summed E-state index contributed by atoms with van der Waals surface area (Å²) in [6.07, 6.45) is 1.99. The molecule has 2 aromatic carbocycles. The Morgan fingerprint density at radius 3 is 2.43 bits per heavy atom. The van der Waals surface area contributed by atoms with Crippen LogP contribution in [-0.2, 0) is 11.2 Å². The fraction of sp³-hybridized carbons (Fsp3) is 0.458. The zero-order valence-electron chi connectivity index (χ0n) is 16.9. The molecule has 1 N–H and O–H groups in total. The lowest BCUT2D eigenvalue weighted by atomic mass is 9.81. The molecular formula is C24H31NO3. The molecule has 4 heteroatoms. The maximum Gasteiger partial charge on any atom is 0.223 e. The van der Waals surface area contributed by atoms with Crippen molar-refractivity contribution >= 4 is 5.91 Å². The number of rotatable bonds is 7. The molecule has 1 amide bonds. The lowest BCUT2D eigenvalue weighted by Gasteiger charge is -2.45. The Kier molecular flexibility index (Phi) is 6.74. The van der Waals surface area contributed by atoms with Gasteiger partial charge < -0.3 is 14.7 Å². The smallest absolute Gasteiger partial charge is 0.223 e. The Morgan fingerprint density at radius 1 is 1.14 bits per heavy atom. The minimum Gasteiger partial charge on any atom is -0.486 e. The van der Waals surface area contributed by atoms with Gasteiger partial charge in [0.1, 0.15) is 17.5 Å². The number of para-hydroxylation sites is 1. The molecule has 150 valence electrons. The van der Waals surface area contributed by atoms with E-state index in [4.69, 9.17) is 4.74 Å². The van der Waals surface area contributed by atoms with Crippen LogP contribution in [0.3, 0.4) is 0 Å². The van der Waals surface area contributed by atoms with Crippen molar-refractivity contribution in [2.75, 3.05) is 13.1 Å². The van der Waals surface area contributed by atoms with Crippen LogP contribution in [0.1, 0.15) is 38.7 Å². The topological polar surface area (TPSA) is 49.8 Å². The van der Waals surface area contributed by atoms with E-state index in [-0.39, 0.29) is 5.91 Å². The number of ether oxygens (including phenoxy) is 1. The van der Waals surface area contributed by atoms with Crippen molar-refractivity contribution in [2.45, 2.75) is 51.2 Å². The van der Waals surface area contributed by atoms with Crippen LogP contribution in [0.15, 0.2) is 60.7 Å². The van der Waals surface area contributed by atoms with Crippen LogP contribution in [0.4, 0.5) is 0 Å². The number of hydrogen-bond donors (Lipinski definition) is 1. The second kappa shape index (κ2) is 9.24. The van der Waals surface area contributed by atoms with Crippen LogP contribution in [0.2, 0.25) is 0 Å². The molecule has 0 spiro atoms. The highest BCUT2D eigenvalue weighted by Gasteiger charge is 2.44. The van der Waals surface area contributed by atoms with Gasteiger partial charge in [0, 0.05) is 13.0 Å². The summed E-state index contributed by atoms with van der Waals surface area (Å²) in [4.78, 5) is 14.6. The highest BCUT2D eigenvalue weighted by Crippen LogP contribution is 2.32. The molecule has 1 aliphatic heterocycles. The van der Waals surface area contributed by atoms with E-state index >= 15 is 0 Å². The lowest BCUT2D eigenvalue weighted by molar-refractivity contribution is -0.148. The third-order valence-electron chi connectivity index (χ3n) is 5.41. The summed E-state index contributed by atoms with van der Waals surface area (Å²) >= 11 is 0.